The molecule has 198 valence electrons. The average Bonchev–Trinajstić information content (AvgIpc) is 2.99. The van der Waals surface area contributed by atoms with E-state index in [4.69, 9.17) is 22.7 Å². The van der Waals surface area contributed by atoms with Crippen molar-refractivity contribution in [3.8, 4) is 0 Å². The number of carbonyl (C=O) groups excluding carboxylic acids is 1. The Hall–Kier alpha value is -0.880. The van der Waals surface area contributed by atoms with Gasteiger partial charge in [-0.15, -0.1) is 0 Å². The lowest BCUT2D eigenvalue weighted by Crippen LogP contribution is -2.58. The van der Waals surface area contributed by atoms with Crippen LogP contribution in [0.4, 0.5) is 0 Å². The van der Waals surface area contributed by atoms with Crippen LogP contribution in [0.25, 0.3) is 0 Å². The minimum absolute atomic E-state index is 0.0517. The Morgan fingerprint density at radius 2 is 1.71 bits per heavy atom. The molecule has 0 aromatic carbocycles. The van der Waals surface area contributed by atoms with Crippen LogP contribution in [0.5, 0.6) is 0 Å². The fourth-order valence-electron chi connectivity index (χ4n) is 10.2. The summed E-state index contributed by atoms with van der Waals surface area (Å²) in [7, 11) is 0. The van der Waals surface area contributed by atoms with E-state index in [2.05, 4.69) is 31.4 Å². The van der Waals surface area contributed by atoms with Gasteiger partial charge in [-0.2, -0.15) is 0 Å². The highest BCUT2D eigenvalue weighted by molar-refractivity contribution is 7.80. The van der Waals surface area contributed by atoms with Crippen LogP contribution >= 0.6 is 12.2 Å². The van der Waals surface area contributed by atoms with Crippen LogP contribution in [-0.4, -0.2) is 35.8 Å². The highest BCUT2D eigenvalue weighted by atomic mass is 32.1. The molecule has 0 amide bonds. The van der Waals surface area contributed by atoms with Gasteiger partial charge in [-0.25, -0.2) is 0 Å². The first-order valence-corrected chi connectivity index (χ1v) is 15.0. The van der Waals surface area contributed by atoms with Gasteiger partial charge in [-0.3, -0.25) is 4.79 Å². The van der Waals surface area contributed by atoms with Crippen LogP contribution in [0.15, 0.2) is 0 Å². The summed E-state index contributed by atoms with van der Waals surface area (Å²) in [6, 6.07) is 0.938. The highest BCUT2D eigenvalue weighted by Crippen LogP contribution is 2.73. The number of esters is 1. The lowest BCUT2D eigenvalue weighted by atomic mass is 9.40. The zero-order valence-corrected chi connectivity index (χ0v) is 23.4. The molecule has 0 saturated heterocycles. The number of hydrogen-bond donors (Lipinski definition) is 3. The summed E-state index contributed by atoms with van der Waals surface area (Å²) in [4.78, 5) is 13.2. The van der Waals surface area contributed by atoms with E-state index in [1.54, 1.807) is 0 Å². The molecule has 5 rings (SSSR count). The van der Waals surface area contributed by atoms with Crippen LogP contribution in [0.3, 0.4) is 0 Å². The third-order valence-corrected chi connectivity index (χ3v) is 12.1. The van der Waals surface area contributed by atoms with Crippen molar-refractivity contribution in [3.05, 3.63) is 0 Å². The SMILES string of the molecule is CCOC(=O)[C@]1(C)CCC[C@@]2(C)[C@@H]3CC[C@@]4(C)C[C@@]3(CC[C@@H]21)C[C@H]4NC(=S)N[C@@H]1CCCC[C@H]1N. The third-order valence-electron chi connectivity index (χ3n) is 11.8. The molecular weight excluding hydrogens is 454 g/mol. The summed E-state index contributed by atoms with van der Waals surface area (Å²) >= 11 is 5.85. The topological polar surface area (TPSA) is 76.4 Å². The van der Waals surface area contributed by atoms with Gasteiger partial charge in [-0.05, 0) is 118 Å². The first-order valence-electron chi connectivity index (χ1n) is 14.6. The summed E-state index contributed by atoms with van der Waals surface area (Å²) in [5, 5.41) is 8.22. The molecular formula is C29H49N3O2S. The molecule has 9 atom stereocenters. The second-order valence-electron chi connectivity index (χ2n) is 13.8. The zero-order chi connectivity index (χ0) is 25.1. The van der Waals surface area contributed by atoms with Gasteiger partial charge >= 0.3 is 5.97 Å². The predicted octanol–water partition coefficient (Wildman–Crippen LogP) is 5.46. The van der Waals surface area contributed by atoms with Crippen LogP contribution in [0, 0.1) is 33.5 Å². The number of rotatable bonds is 4. The van der Waals surface area contributed by atoms with Gasteiger partial charge in [0.2, 0.25) is 0 Å². The van der Waals surface area contributed by atoms with Crippen LogP contribution in [0.2, 0.25) is 0 Å². The lowest BCUT2D eigenvalue weighted by Gasteiger charge is -2.64. The Bertz CT molecular complexity index is 852. The van der Waals surface area contributed by atoms with Crippen molar-refractivity contribution >= 4 is 23.3 Å². The summed E-state index contributed by atoms with van der Waals surface area (Å²) in [5.41, 5.74) is 6.95. The smallest absolute Gasteiger partial charge is 0.312 e. The molecule has 5 aliphatic rings. The summed E-state index contributed by atoms with van der Waals surface area (Å²) < 4.78 is 5.64. The Morgan fingerprint density at radius 3 is 2.46 bits per heavy atom. The maximum Gasteiger partial charge on any atom is 0.312 e. The molecule has 5 nitrogen and oxygen atoms in total. The summed E-state index contributed by atoms with van der Waals surface area (Å²) in [6.07, 6.45) is 15.5. The Morgan fingerprint density at radius 1 is 0.971 bits per heavy atom. The molecule has 5 fully saturated rings. The quantitative estimate of drug-likeness (QED) is 0.350. The number of hydrogen-bond acceptors (Lipinski definition) is 4. The number of carbonyl (C=O) groups is 1. The Balaban J connectivity index is 1.33. The highest BCUT2D eigenvalue weighted by Gasteiger charge is 2.68. The summed E-state index contributed by atoms with van der Waals surface area (Å²) in [5.74, 6) is 1.18. The molecule has 0 aromatic heterocycles. The normalized spacial score (nSPS) is 48.9. The standard InChI is InChI=1S/C29H49N3O2S/c1-5-34-24(33)28(4)14-8-13-27(3)21(28)12-16-29-17-23(26(2,18-29)15-11-22(27)29)32-25(35)31-20-10-7-6-9-19(20)30/h19-23H,5-18,30H2,1-4H3,(H2,31,32,35)/t19-,20-,21+,22+,23-,26+,27-,28-,29-/m1/s1. The molecule has 5 saturated carbocycles. The van der Waals surface area contributed by atoms with Gasteiger partial charge < -0.3 is 21.1 Å². The minimum atomic E-state index is -0.328. The number of nitrogens with one attached hydrogen (secondary N) is 2. The number of thiocarbonyl (C=S) groups is 1. The molecule has 0 unspecified atom stereocenters. The maximum atomic E-state index is 13.2. The maximum absolute atomic E-state index is 13.2. The predicted molar refractivity (Wildman–Crippen MR) is 145 cm³/mol. The van der Waals surface area contributed by atoms with E-state index < -0.39 is 0 Å². The van der Waals surface area contributed by atoms with Gasteiger partial charge in [-0.1, -0.05) is 33.1 Å². The van der Waals surface area contributed by atoms with Gasteiger partial charge in [0.05, 0.1) is 12.0 Å². The average molecular weight is 504 g/mol. The lowest BCUT2D eigenvalue weighted by molar-refractivity contribution is -0.187. The minimum Gasteiger partial charge on any atom is -0.466 e. The van der Waals surface area contributed by atoms with E-state index in [1.807, 2.05) is 6.92 Å². The van der Waals surface area contributed by atoms with Crippen LogP contribution in [-0.2, 0) is 9.53 Å². The zero-order valence-electron chi connectivity index (χ0n) is 22.6. The van der Waals surface area contributed by atoms with Crippen molar-refractivity contribution in [2.45, 2.75) is 129 Å². The molecule has 0 heterocycles. The van der Waals surface area contributed by atoms with E-state index in [9.17, 15) is 4.79 Å². The molecule has 0 aliphatic heterocycles. The van der Waals surface area contributed by atoms with Crippen molar-refractivity contribution in [3.63, 3.8) is 0 Å². The summed E-state index contributed by atoms with van der Waals surface area (Å²) in [6.45, 7) is 9.68. The Kier molecular flexibility index (Phi) is 6.73. The molecule has 2 bridgehead atoms. The van der Waals surface area contributed by atoms with Gasteiger partial charge in [0, 0.05) is 18.1 Å². The van der Waals surface area contributed by atoms with Gasteiger partial charge in [0.25, 0.3) is 0 Å². The number of fused-ring (bicyclic) bond motifs is 3. The molecule has 35 heavy (non-hydrogen) atoms. The first-order chi connectivity index (χ1) is 16.6. The Labute approximate surface area is 218 Å². The van der Waals surface area contributed by atoms with Crippen molar-refractivity contribution in [1.82, 2.24) is 10.6 Å². The van der Waals surface area contributed by atoms with E-state index in [0.29, 0.717) is 41.4 Å². The molecule has 0 radical (unpaired) electrons. The second-order valence-corrected chi connectivity index (χ2v) is 14.2. The second kappa shape index (κ2) is 9.15. The van der Waals surface area contributed by atoms with Crippen LogP contribution < -0.4 is 16.4 Å². The van der Waals surface area contributed by atoms with Crippen molar-refractivity contribution in [2.75, 3.05) is 6.61 Å². The molecule has 6 heteroatoms. The van der Waals surface area contributed by atoms with Gasteiger partial charge in [0.1, 0.15) is 0 Å². The van der Waals surface area contributed by atoms with Crippen molar-refractivity contribution < 1.29 is 9.53 Å². The van der Waals surface area contributed by atoms with E-state index in [1.165, 1.54) is 51.4 Å². The van der Waals surface area contributed by atoms with Gasteiger partial charge in [0.15, 0.2) is 5.11 Å². The van der Waals surface area contributed by atoms with Crippen LogP contribution in [0.1, 0.15) is 111 Å². The van der Waals surface area contributed by atoms with Crippen molar-refractivity contribution in [2.24, 2.45) is 39.2 Å². The van der Waals surface area contributed by atoms with E-state index in [-0.39, 0.29) is 22.8 Å². The van der Waals surface area contributed by atoms with E-state index >= 15 is 0 Å². The van der Waals surface area contributed by atoms with E-state index in [0.717, 1.165) is 37.2 Å². The largest absolute Gasteiger partial charge is 0.466 e. The molecule has 4 N–H and O–H groups in total. The number of ether oxygens (including phenoxy) is 1. The monoisotopic (exact) mass is 503 g/mol. The third kappa shape index (κ3) is 4.13. The molecule has 1 spiro atoms. The molecule has 0 aromatic rings. The fraction of sp³-hybridized carbons (Fsp3) is 0.931. The molecule has 5 aliphatic carbocycles. The fourth-order valence-corrected chi connectivity index (χ4v) is 10.5. The number of nitrogens with two attached hydrogens (primary N) is 1. The van der Waals surface area contributed by atoms with Crippen molar-refractivity contribution in [1.29, 1.82) is 0 Å². The first kappa shape index (κ1) is 25.8.